The van der Waals surface area contributed by atoms with Crippen molar-refractivity contribution in [1.82, 2.24) is 5.32 Å². The summed E-state index contributed by atoms with van der Waals surface area (Å²) in [5, 5.41) is 33.5. The van der Waals surface area contributed by atoms with Gasteiger partial charge in [0, 0.05) is 23.7 Å². The van der Waals surface area contributed by atoms with Gasteiger partial charge < -0.3 is 26.0 Å². The molecule has 0 aromatic heterocycles. The van der Waals surface area contributed by atoms with Crippen LogP contribution in [0.3, 0.4) is 0 Å². The summed E-state index contributed by atoms with van der Waals surface area (Å²) in [5.41, 5.74) is 0.973. The molecule has 0 saturated carbocycles. The number of aromatic hydroxyl groups is 3. The molecule has 5 N–H and O–H groups in total. The van der Waals surface area contributed by atoms with Crippen molar-refractivity contribution in [3.05, 3.63) is 47.0 Å². The molecule has 0 aliphatic rings. The lowest BCUT2D eigenvalue weighted by molar-refractivity contribution is 0.251. The van der Waals surface area contributed by atoms with E-state index in [1.807, 2.05) is 6.07 Å². The smallest absolute Gasteiger partial charge is 0.319 e. The van der Waals surface area contributed by atoms with E-state index in [9.17, 15) is 20.1 Å². The first-order valence-corrected chi connectivity index (χ1v) is 6.38. The molecule has 0 aliphatic heterocycles. The predicted molar refractivity (Wildman–Crippen MR) is 78.7 cm³/mol. The minimum atomic E-state index is -0.639. The van der Waals surface area contributed by atoms with E-state index >= 15 is 0 Å². The third-order valence-electron chi connectivity index (χ3n) is 2.67. The number of hydrogen-bond acceptors (Lipinski definition) is 4. The van der Waals surface area contributed by atoms with E-state index in [-0.39, 0.29) is 12.2 Å². The molecule has 0 bridgehead atoms. The highest BCUT2D eigenvalue weighted by atomic mass is 35.5. The van der Waals surface area contributed by atoms with E-state index < -0.39 is 23.3 Å². The van der Waals surface area contributed by atoms with Gasteiger partial charge in [0.05, 0.1) is 5.69 Å². The number of rotatable bonds is 3. The molecule has 21 heavy (non-hydrogen) atoms. The first kappa shape index (κ1) is 14.8. The fourth-order valence-corrected chi connectivity index (χ4v) is 1.89. The topological polar surface area (TPSA) is 102 Å². The molecule has 0 radical (unpaired) electrons. The van der Waals surface area contributed by atoms with E-state index in [0.717, 1.165) is 17.7 Å². The van der Waals surface area contributed by atoms with Crippen molar-refractivity contribution in [3.8, 4) is 17.2 Å². The maximum Gasteiger partial charge on any atom is 0.319 e. The summed E-state index contributed by atoms with van der Waals surface area (Å²) in [7, 11) is 0. The standard InChI is InChI=1S/C14H13ClN2O4/c15-9-3-1-2-8(4-9)7-16-14(21)17-10-5-11(18)13(20)12(19)6-10/h1-6,18-20H,7H2,(H2,16,17,21). The van der Waals surface area contributed by atoms with Crippen LogP contribution < -0.4 is 10.6 Å². The highest BCUT2D eigenvalue weighted by molar-refractivity contribution is 6.30. The van der Waals surface area contributed by atoms with E-state index in [1.165, 1.54) is 0 Å². The van der Waals surface area contributed by atoms with Gasteiger partial charge >= 0.3 is 6.03 Å². The van der Waals surface area contributed by atoms with Crippen LogP contribution in [0, 0.1) is 0 Å². The third kappa shape index (κ3) is 3.93. The van der Waals surface area contributed by atoms with Crippen molar-refractivity contribution in [2.45, 2.75) is 6.54 Å². The van der Waals surface area contributed by atoms with Crippen molar-refractivity contribution in [3.63, 3.8) is 0 Å². The van der Waals surface area contributed by atoms with Gasteiger partial charge in [-0.1, -0.05) is 23.7 Å². The first-order chi connectivity index (χ1) is 9.95. The molecule has 0 spiro atoms. The van der Waals surface area contributed by atoms with E-state index in [4.69, 9.17) is 11.6 Å². The molecule has 2 aromatic rings. The Kier molecular flexibility index (Phi) is 4.39. The van der Waals surface area contributed by atoms with Crippen LogP contribution in [0.15, 0.2) is 36.4 Å². The van der Waals surface area contributed by atoms with Crippen LogP contribution in [-0.2, 0) is 6.54 Å². The monoisotopic (exact) mass is 308 g/mol. The van der Waals surface area contributed by atoms with E-state index in [1.54, 1.807) is 18.2 Å². The molecule has 2 rings (SSSR count). The molecule has 110 valence electrons. The number of nitrogens with one attached hydrogen (secondary N) is 2. The van der Waals surface area contributed by atoms with Gasteiger partial charge in [-0.2, -0.15) is 0 Å². The van der Waals surface area contributed by atoms with Gasteiger partial charge in [0.2, 0.25) is 0 Å². The Bertz CT molecular complexity index is 653. The Morgan fingerprint density at radius 2 is 1.76 bits per heavy atom. The number of amides is 2. The SMILES string of the molecule is O=C(NCc1cccc(Cl)c1)Nc1cc(O)c(O)c(O)c1. The number of urea groups is 1. The number of halogens is 1. The minimum absolute atomic E-state index is 0.145. The molecule has 0 heterocycles. The van der Waals surface area contributed by atoms with Crippen LogP contribution in [0.25, 0.3) is 0 Å². The van der Waals surface area contributed by atoms with Gasteiger partial charge in [-0.3, -0.25) is 0 Å². The molecular weight excluding hydrogens is 296 g/mol. The van der Waals surface area contributed by atoms with Gasteiger partial charge in [-0.05, 0) is 17.7 Å². The van der Waals surface area contributed by atoms with Crippen LogP contribution in [0.2, 0.25) is 5.02 Å². The third-order valence-corrected chi connectivity index (χ3v) is 2.90. The number of phenols is 3. The van der Waals surface area contributed by atoms with Gasteiger partial charge in [0.15, 0.2) is 17.2 Å². The molecule has 6 nitrogen and oxygen atoms in total. The largest absolute Gasteiger partial charge is 0.504 e. The number of carbonyl (C=O) groups is 1. The molecule has 0 atom stereocenters. The summed E-state index contributed by atoms with van der Waals surface area (Å²) in [6.45, 7) is 0.266. The first-order valence-electron chi connectivity index (χ1n) is 6.00. The van der Waals surface area contributed by atoms with Crippen LogP contribution >= 0.6 is 11.6 Å². The quantitative estimate of drug-likeness (QED) is 0.444. The Labute approximate surface area is 125 Å². The van der Waals surface area contributed by atoms with Gasteiger partial charge in [0.25, 0.3) is 0 Å². The van der Waals surface area contributed by atoms with Gasteiger partial charge in [-0.15, -0.1) is 0 Å². The predicted octanol–water partition coefficient (Wildman–Crippen LogP) is 2.78. The Hall–Kier alpha value is -2.60. The second-order valence-corrected chi connectivity index (χ2v) is 4.74. The maximum atomic E-state index is 11.7. The maximum absolute atomic E-state index is 11.7. The van der Waals surface area contributed by atoms with E-state index in [2.05, 4.69) is 10.6 Å². The zero-order chi connectivity index (χ0) is 15.4. The molecule has 2 amide bonds. The molecule has 0 aliphatic carbocycles. The van der Waals surface area contributed by atoms with Crippen molar-refractivity contribution in [1.29, 1.82) is 0 Å². The average molecular weight is 309 g/mol. The van der Waals surface area contributed by atoms with E-state index in [0.29, 0.717) is 5.02 Å². The number of benzene rings is 2. The normalized spacial score (nSPS) is 10.1. The highest BCUT2D eigenvalue weighted by Crippen LogP contribution is 2.37. The van der Waals surface area contributed by atoms with Gasteiger partial charge in [-0.25, -0.2) is 4.79 Å². The van der Waals surface area contributed by atoms with Crippen LogP contribution in [0.1, 0.15) is 5.56 Å². The number of hydrogen-bond donors (Lipinski definition) is 5. The molecule has 0 unspecified atom stereocenters. The van der Waals surface area contributed by atoms with Crippen molar-refractivity contribution in [2.75, 3.05) is 5.32 Å². The van der Waals surface area contributed by atoms with Gasteiger partial charge in [0.1, 0.15) is 0 Å². The van der Waals surface area contributed by atoms with Crippen molar-refractivity contribution in [2.24, 2.45) is 0 Å². The van der Waals surface area contributed by atoms with Crippen LogP contribution in [0.4, 0.5) is 10.5 Å². The average Bonchev–Trinajstić information content (AvgIpc) is 2.42. The lowest BCUT2D eigenvalue weighted by Crippen LogP contribution is -2.28. The molecule has 0 fully saturated rings. The summed E-state index contributed by atoms with van der Waals surface area (Å²) in [4.78, 5) is 11.7. The second-order valence-electron chi connectivity index (χ2n) is 4.30. The fourth-order valence-electron chi connectivity index (χ4n) is 1.68. The highest BCUT2D eigenvalue weighted by Gasteiger charge is 2.10. The Morgan fingerprint density at radius 1 is 1.10 bits per heavy atom. The molecule has 2 aromatic carbocycles. The summed E-state index contributed by atoms with van der Waals surface area (Å²) in [5.74, 6) is -1.69. The Morgan fingerprint density at radius 3 is 2.38 bits per heavy atom. The lowest BCUT2D eigenvalue weighted by Gasteiger charge is -2.09. The van der Waals surface area contributed by atoms with Crippen LogP contribution in [0.5, 0.6) is 17.2 Å². The van der Waals surface area contributed by atoms with Crippen molar-refractivity contribution >= 4 is 23.3 Å². The summed E-state index contributed by atoms with van der Waals surface area (Å²) in [6.07, 6.45) is 0. The Balaban J connectivity index is 1.96. The number of phenolic OH excluding ortho intramolecular Hbond substituents is 3. The zero-order valence-corrected chi connectivity index (χ0v) is 11.6. The summed E-state index contributed by atoms with van der Waals surface area (Å²) < 4.78 is 0. The minimum Gasteiger partial charge on any atom is -0.504 e. The molecular formula is C14H13ClN2O4. The molecule has 0 saturated heterocycles. The zero-order valence-electron chi connectivity index (χ0n) is 10.8. The number of carbonyl (C=O) groups excluding carboxylic acids is 1. The van der Waals surface area contributed by atoms with Crippen molar-refractivity contribution < 1.29 is 20.1 Å². The number of anilines is 1. The summed E-state index contributed by atoms with van der Waals surface area (Å²) >= 11 is 5.83. The lowest BCUT2D eigenvalue weighted by atomic mass is 10.2. The van der Waals surface area contributed by atoms with Crippen LogP contribution in [-0.4, -0.2) is 21.4 Å². The molecule has 7 heteroatoms. The second kappa shape index (κ2) is 6.23. The summed E-state index contributed by atoms with van der Waals surface area (Å²) in [6, 6.07) is 8.74. The fraction of sp³-hybridized carbons (Fsp3) is 0.0714.